The second kappa shape index (κ2) is 6.12. The highest BCUT2D eigenvalue weighted by Crippen LogP contribution is 2.32. The molecule has 20 heavy (non-hydrogen) atoms. The van der Waals surface area contributed by atoms with E-state index in [1.165, 1.54) is 13.2 Å². The standard InChI is InChI=1S/C14H9BrClNO3/c1-19-11-3-2-8(16)6-9(11)10(7-17)14(18)12-4-5-13(15)20-12/h2-6,10H,1H3. The minimum atomic E-state index is -1.04. The van der Waals surface area contributed by atoms with E-state index in [-0.39, 0.29) is 5.76 Å². The number of rotatable bonds is 4. The summed E-state index contributed by atoms with van der Waals surface area (Å²) in [5.41, 5.74) is 0.417. The Kier molecular flexibility index (Phi) is 4.48. The monoisotopic (exact) mass is 353 g/mol. The third-order valence-corrected chi connectivity index (χ3v) is 3.37. The van der Waals surface area contributed by atoms with Gasteiger partial charge in [0, 0.05) is 10.6 Å². The number of hydrogen-bond donors (Lipinski definition) is 0. The molecule has 0 spiro atoms. The molecule has 6 heteroatoms. The quantitative estimate of drug-likeness (QED) is 0.772. The van der Waals surface area contributed by atoms with Crippen molar-refractivity contribution in [3.8, 4) is 11.8 Å². The normalized spacial score (nSPS) is 11.7. The predicted octanol–water partition coefficient (Wildman–Crippen LogP) is 4.19. The molecule has 0 fully saturated rings. The van der Waals surface area contributed by atoms with Crippen LogP contribution in [0, 0.1) is 11.3 Å². The molecule has 1 aromatic heterocycles. The molecule has 0 aliphatic rings. The summed E-state index contributed by atoms with van der Waals surface area (Å²) >= 11 is 9.04. The molecule has 0 amide bonds. The van der Waals surface area contributed by atoms with Gasteiger partial charge in [-0.2, -0.15) is 5.26 Å². The molecule has 0 bridgehead atoms. The molecule has 0 aliphatic carbocycles. The van der Waals surface area contributed by atoms with Crippen LogP contribution in [0.25, 0.3) is 0 Å². The number of furan rings is 1. The van der Waals surface area contributed by atoms with Gasteiger partial charge in [-0.05, 0) is 46.3 Å². The number of nitriles is 1. The van der Waals surface area contributed by atoms with Crippen LogP contribution in [0.4, 0.5) is 0 Å². The Labute approximate surface area is 129 Å². The van der Waals surface area contributed by atoms with E-state index in [1.54, 1.807) is 24.3 Å². The lowest BCUT2D eigenvalue weighted by molar-refractivity contribution is 0.0949. The number of hydrogen-bond acceptors (Lipinski definition) is 4. The van der Waals surface area contributed by atoms with Gasteiger partial charge >= 0.3 is 0 Å². The summed E-state index contributed by atoms with van der Waals surface area (Å²) in [5.74, 6) is -0.953. The van der Waals surface area contributed by atoms with Crippen LogP contribution >= 0.6 is 27.5 Å². The Balaban J connectivity index is 2.45. The molecule has 1 atom stereocenters. The molecular weight excluding hydrogens is 346 g/mol. The van der Waals surface area contributed by atoms with Crippen LogP contribution in [-0.2, 0) is 0 Å². The summed E-state index contributed by atoms with van der Waals surface area (Å²) in [4.78, 5) is 12.3. The van der Waals surface area contributed by atoms with E-state index in [9.17, 15) is 10.1 Å². The SMILES string of the molecule is COc1ccc(Cl)cc1C(C#N)C(=O)c1ccc(Br)o1. The average molecular weight is 355 g/mol. The summed E-state index contributed by atoms with van der Waals surface area (Å²) in [6, 6.07) is 9.86. The maximum Gasteiger partial charge on any atom is 0.219 e. The van der Waals surface area contributed by atoms with Gasteiger partial charge in [0.05, 0.1) is 13.2 Å². The van der Waals surface area contributed by atoms with Crippen molar-refractivity contribution >= 4 is 33.3 Å². The topological polar surface area (TPSA) is 63.2 Å². The molecule has 0 radical (unpaired) electrons. The zero-order chi connectivity index (χ0) is 14.7. The number of methoxy groups -OCH3 is 1. The largest absolute Gasteiger partial charge is 0.496 e. The van der Waals surface area contributed by atoms with Crippen LogP contribution < -0.4 is 4.74 Å². The lowest BCUT2D eigenvalue weighted by Crippen LogP contribution is -2.11. The molecule has 2 aromatic rings. The van der Waals surface area contributed by atoms with E-state index in [2.05, 4.69) is 15.9 Å². The van der Waals surface area contributed by atoms with Crippen molar-refractivity contribution in [2.24, 2.45) is 0 Å². The van der Waals surface area contributed by atoms with Crippen molar-refractivity contribution in [3.05, 3.63) is 51.3 Å². The Hall–Kier alpha value is -1.77. The average Bonchev–Trinajstić information content (AvgIpc) is 2.86. The maximum absolute atomic E-state index is 12.3. The highest BCUT2D eigenvalue weighted by molar-refractivity contribution is 9.10. The molecule has 102 valence electrons. The second-order valence-corrected chi connectivity index (χ2v) is 5.13. The van der Waals surface area contributed by atoms with Crippen LogP contribution in [0.3, 0.4) is 0 Å². The first kappa shape index (κ1) is 14.6. The predicted molar refractivity (Wildman–Crippen MR) is 77.1 cm³/mol. The number of carbonyl (C=O) groups excluding carboxylic acids is 1. The van der Waals surface area contributed by atoms with Gasteiger partial charge in [0.1, 0.15) is 11.7 Å². The smallest absolute Gasteiger partial charge is 0.219 e. The molecule has 0 saturated carbocycles. The lowest BCUT2D eigenvalue weighted by Gasteiger charge is -2.12. The van der Waals surface area contributed by atoms with Crippen LogP contribution in [0.15, 0.2) is 39.4 Å². The zero-order valence-electron chi connectivity index (χ0n) is 10.4. The molecular formula is C14H9BrClNO3. The Bertz CT molecular complexity index is 690. The summed E-state index contributed by atoms with van der Waals surface area (Å²) in [6.45, 7) is 0. The van der Waals surface area contributed by atoms with Crippen molar-refractivity contribution < 1.29 is 13.9 Å². The van der Waals surface area contributed by atoms with Gasteiger partial charge in [0.25, 0.3) is 0 Å². The minimum absolute atomic E-state index is 0.102. The highest BCUT2D eigenvalue weighted by Gasteiger charge is 2.27. The number of nitrogens with zero attached hydrogens (tertiary/aromatic N) is 1. The first-order valence-corrected chi connectivity index (χ1v) is 6.76. The van der Waals surface area contributed by atoms with Gasteiger partial charge in [0.2, 0.25) is 5.78 Å². The summed E-state index contributed by atoms with van der Waals surface area (Å²) in [5, 5.41) is 9.73. The van der Waals surface area contributed by atoms with Gasteiger partial charge in [-0.1, -0.05) is 11.6 Å². The number of ether oxygens (including phenoxy) is 1. The van der Waals surface area contributed by atoms with Crippen molar-refractivity contribution in [2.45, 2.75) is 5.92 Å². The first-order valence-electron chi connectivity index (χ1n) is 5.59. The van der Waals surface area contributed by atoms with Crippen molar-refractivity contribution in [3.63, 3.8) is 0 Å². The molecule has 0 saturated heterocycles. The van der Waals surface area contributed by atoms with Gasteiger partial charge in [0.15, 0.2) is 10.4 Å². The zero-order valence-corrected chi connectivity index (χ0v) is 12.7. The lowest BCUT2D eigenvalue weighted by atomic mass is 9.94. The molecule has 1 aromatic carbocycles. The van der Waals surface area contributed by atoms with E-state index >= 15 is 0 Å². The second-order valence-electron chi connectivity index (χ2n) is 3.92. The Morgan fingerprint density at radius 2 is 2.20 bits per heavy atom. The van der Waals surface area contributed by atoms with Gasteiger partial charge < -0.3 is 9.15 Å². The maximum atomic E-state index is 12.3. The number of benzene rings is 1. The van der Waals surface area contributed by atoms with Crippen LogP contribution in [-0.4, -0.2) is 12.9 Å². The van der Waals surface area contributed by atoms with Crippen molar-refractivity contribution in [2.75, 3.05) is 7.11 Å². The fourth-order valence-corrected chi connectivity index (χ4v) is 2.28. The van der Waals surface area contributed by atoms with Crippen molar-refractivity contribution in [1.29, 1.82) is 5.26 Å². The van der Waals surface area contributed by atoms with Crippen LogP contribution in [0.5, 0.6) is 5.75 Å². The van der Waals surface area contributed by atoms with E-state index in [0.717, 1.165) is 0 Å². The van der Waals surface area contributed by atoms with Crippen molar-refractivity contribution in [1.82, 2.24) is 0 Å². The first-order chi connectivity index (χ1) is 9.56. The third kappa shape index (κ3) is 2.87. The summed E-state index contributed by atoms with van der Waals surface area (Å²) in [7, 11) is 1.47. The fourth-order valence-electron chi connectivity index (χ4n) is 1.79. The number of carbonyl (C=O) groups is 1. The van der Waals surface area contributed by atoms with Gasteiger partial charge in [-0.15, -0.1) is 0 Å². The number of halogens is 2. The highest BCUT2D eigenvalue weighted by atomic mass is 79.9. The van der Waals surface area contributed by atoms with E-state index in [4.69, 9.17) is 20.8 Å². The Morgan fingerprint density at radius 3 is 2.75 bits per heavy atom. The fraction of sp³-hybridized carbons (Fsp3) is 0.143. The van der Waals surface area contributed by atoms with Gasteiger partial charge in [-0.3, -0.25) is 4.79 Å². The minimum Gasteiger partial charge on any atom is -0.496 e. The summed E-state index contributed by atoms with van der Waals surface area (Å²) < 4.78 is 10.8. The molecule has 4 nitrogen and oxygen atoms in total. The molecule has 2 rings (SSSR count). The van der Waals surface area contributed by atoms with Gasteiger partial charge in [-0.25, -0.2) is 0 Å². The van der Waals surface area contributed by atoms with E-state index < -0.39 is 11.7 Å². The molecule has 0 N–H and O–H groups in total. The Morgan fingerprint density at radius 1 is 1.45 bits per heavy atom. The molecule has 1 heterocycles. The number of Topliss-reactive ketones (excluding diaryl/α,β-unsaturated/α-hetero) is 1. The molecule has 1 unspecified atom stereocenters. The number of ketones is 1. The van der Waals surface area contributed by atoms with E-state index in [1.807, 2.05) is 6.07 Å². The van der Waals surface area contributed by atoms with Crippen LogP contribution in [0.1, 0.15) is 22.0 Å². The van der Waals surface area contributed by atoms with E-state index in [0.29, 0.717) is 21.0 Å². The molecule has 0 aliphatic heterocycles. The van der Waals surface area contributed by atoms with Crippen LogP contribution in [0.2, 0.25) is 5.02 Å². The summed E-state index contributed by atoms with van der Waals surface area (Å²) in [6.07, 6.45) is 0. The third-order valence-electron chi connectivity index (χ3n) is 2.71.